The van der Waals surface area contributed by atoms with Crippen molar-refractivity contribution in [2.45, 2.75) is 31.4 Å². The average molecular weight is 394 g/mol. The summed E-state index contributed by atoms with van der Waals surface area (Å²) in [6.45, 7) is 0. The SMILES string of the molecule is N#CC1CC(O)CCC1n1cc(C(N)=O)c(Nc2ccc(Cl)c(Cl)c2)n1. The molecule has 1 aliphatic rings. The molecule has 26 heavy (non-hydrogen) atoms. The number of hydrogen-bond donors (Lipinski definition) is 3. The molecule has 9 heteroatoms. The van der Waals surface area contributed by atoms with Gasteiger partial charge in [-0.15, -0.1) is 0 Å². The number of aliphatic hydroxyl groups excluding tert-OH is 1. The first kappa shape index (κ1) is 18.5. The second-order valence-corrected chi connectivity index (χ2v) is 7.07. The van der Waals surface area contributed by atoms with E-state index in [1.54, 1.807) is 22.9 Å². The first-order chi connectivity index (χ1) is 12.4. The van der Waals surface area contributed by atoms with Gasteiger partial charge in [0.25, 0.3) is 5.91 Å². The lowest BCUT2D eigenvalue weighted by Gasteiger charge is -2.30. The molecule has 1 aliphatic carbocycles. The van der Waals surface area contributed by atoms with E-state index in [4.69, 9.17) is 28.9 Å². The number of amides is 1. The zero-order valence-corrected chi connectivity index (χ0v) is 15.2. The van der Waals surface area contributed by atoms with E-state index in [0.29, 0.717) is 35.0 Å². The number of rotatable bonds is 4. The molecule has 7 nitrogen and oxygen atoms in total. The topological polar surface area (TPSA) is 117 Å². The van der Waals surface area contributed by atoms with E-state index >= 15 is 0 Å². The standard InChI is InChI=1S/C17H17Cl2N5O2/c18-13-3-1-10(6-14(13)19)22-17-12(16(21)26)8-24(23-17)15-4-2-11(25)5-9(15)7-20/h1,3,6,8-9,11,15,25H,2,4-5H2,(H2,21,26)(H,22,23). The Morgan fingerprint density at radius 1 is 1.38 bits per heavy atom. The molecule has 0 spiro atoms. The number of carbonyl (C=O) groups is 1. The maximum absolute atomic E-state index is 11.8. The van der Waals surface area contributed by atoms with Gasteiger partial charge in [0.05, 0.1) is 34.2 Å². The van der Waals surface area contributed by atoms with Crippen LogP contribution in [0, 0.1) is 17.2 Å². The van der Waals surface area contributed by atoms with E-state index in [9.17, 15) is 15.2 Å². The van der Waals surface area contributed by atoms with Crippen LogP contribution in [0.2, 0.25) is 10.0 Å². The van der Waals surface area contributed by atoms with Gasteiger partial charge >= 0.3 is 0 Å². The molecule has 1 saturated carbocycles. The van der Waals surface area contributed by atoms with Crippen LogP contribution in [0.25, 0.3) is 0 Å². The Bertz CT molecular complexity index is 877. The van der Waals surface area contributed by atoms with Gasteiger partial charge in [0.15, 0.2) is 5.82 Å². The van der Waals surface area contributed by atoms with Crippen molar-refractivity contribution in [3.05, 3.63) is 40.0 Å². The van der Waals surface area contributed by atoms with Gasteiger partial charge in [-0.1, -0.05) is 23.2 Å². The molecule has 2 aromatic rings. The van der Waals surface area contributed by atoms with E-state index in [1.807, 2.05) is 0 Å². The Balaban J connectivity index is 1.92. The van der Waals surface area contributed by atoms with Crippen LogP contribution in [0.1, 0.15) is 35.7 Å². The molecular weight excluding hydrogens is 377 g/mol. The minimum absolute atomic E-state index is 0.207. The van der Waals surface area contributed by atoms with Crippen LogP contribution in [-0.4, -0.2) is 26.9 Å². The third kappa shape index (κ3) is 3.78. The predicted octanol–water partition coefficient (Wildman–Crippen LogP) is 3.26. The van der Waals surface area contributed by atoms with Crippen LogP contribution in [0.5, 0.6) is 0 Å². The van der Waals surface area contributed by atoms with Crippen molar-refractivity contribution in [3.8, 4) is 6.07 Å². The lowest BCUT2D eigenvalue weighted by Crippen LogP contribution is -2.29. The number of nitrogens with two attached hydrogens (primary N) is 1. The summed E-state index contributed by atoms with van der Waals surface area (Å²) < 4.78 is 1.58. The number of aromatic nitrogens is 2. The third-order valence-electron chi connectivity index (χ3n) is 4.47. The summed E-state index contributed by atoms with van der Waals surface area (Å²) in [5.41, 5.74) is 6.28. The molecule has 136 valence electrons. The number of halogens is 2. The third-order valence-corrected chi connectivity index (χ3v) is 5.21. The Morgan fingerprint density at radius 3 is 2.81 bits per heavy atom. The van der Waals surface area contributed by atoms with E-state index in [0.717, 1.165) is 0 Å². The van der Waals surface area contributed by atoms with Gasteiger partial charge in [0, 0.05) is 11.9 Å². The van der Waals surface area contributed by atoms with Crippen molar-refractivity contribution in [1.82, 2.24) is 9.78 Å². The highest BCUT2D eigenvalue weighted by Crippen LogP contribution is 2.35. The van der Waals surface area contributed by atoms with E-state index < -0.39 is 17.9 Å². The molecule has 1 aromatic heterocycles. The van der Waals surface area contributed by atoms with Gasteiger partial charge in [-0.05, 0) is 37.5 Å². The molecule has 0 radical (unpaired) electrons. The maximum Gasteiger partial charge on any atom is 0.254 e. The minimum Gasteiger partial charge on any atom is -0.393 e. The summed E-state index contributed by atoms with van der Waals surface area (Å²) in [6.07, 6.45) is 2.59. The number of nitrogens with one attached hydrogen (secondary N) is 1. The normalized spacial score (nSPS) is 22.6. The van der Waals surface area contributed by atoms with Gasteiger partial charge < -0.3 is 16.2 Å². The molecular formula is C17H17Cl2N5O2. The Kier molecular flexibility index (Phi) is 5.37. The fraction of sp³-hybridized carbons (Fsp3) is 0.353. The van der Waals surface area contributed by atoms with Gasteiger partial charge in [-0.3, -0.25) is 9.48 Å². The second-order valence-electron chi connectivity index (χ2n) is 6.26. The number of nitrogens with zero attached hydrogens (tertiary/aromatic N) is 3. The number of primary amides is 1. The molecule has 1 amide bonds. The number of benzene rings is 1. The van der Waals surface area contributed by atoms with Crippen molar-refractivity contribution in [3.63, 3.8) is 0 Å². The van der Waals surface area contributed by atoms with Crippen molar-refractivity contribution >= 4 is 40.6 Å². The summed E-state index contributed by atoms with van der Waals surface area (Å²) in [4.78, 5) is 11.8. The van der Waals surface area contributed by atoms with Crippen LogP contribution in [0.4, 0.5) is 11.5 Å². The van der Waals surface area contributed by atoms with Crippen LogP contribution in [0.15, 0.2) is 24.4 Å². The summed E-state index contributed by atoms with van der Waals surface area (Å²) in [5, 5.41) is 27.4. The van der Waals surface area contributed by atoms with E-state index in [1.165, 1.54) is 6.20 Å². The average Bonchev–Trinajstić information content (AvgIpc) is 3.02. The molecule has 3 rings (SSSR count). The summed E-state index contributed by atoms with van der Waals surface area (Å²) in [6, 6.07) is 6.93. The fourth-order valence-corrected chi connectivity index (χ4v) is 3.43. The van der Waals surface area contributed by atoms with Gasteiger partial charge in [0.2, 0.25) is 0 Å². The highest BCUT2D eigenvalue weighted by molar-refractivity contribution is 6.42. The van der Waals surface area contributed by atoms with Crippen molar-refractivity contribution in [1.29, 1.82) is 5.26 Å². The molecule has 1 fully saturated rings. The van der Waals surface area contributed by atoms with Crippen molar-refractivity contribution in [2.75, 3.05) is 5.32 Å². The lowest BCUT2D eigenvalue weighted by molar-refractivity contribution is 0.0861. The van der Waals surface area contributed by atoms with Crippen LogP contribution >= 0.6 is 23.2 Å². The molecule has 3 atom stereocenters. The molecule has 1 heterocycles. The Hall–Kier alpha value is -2.27. The highest BCUT2D eigenvalue weighted by Gasteiger charge is 2.32. The predicted molar refractivity (Wildman–Crippen MR) is 98.5 cm³/mol. The number of anilines is 2. The first-order valence-electron chi connectivity index (χ1n) is 8.07. The summed E-state index contributed by atoms with van der Waals surface area (Å²) in [7, 11) is 0. The largest absolute Gasteiger partial charge is 0.393 e. The Morgan fingerprint density at radius 2 is 2.15 bits per heavy atom. The summed E-state index contributed by atoms with van der Waals surface area (Å²) >= 11 is 11.9. The first-order valence-corrected chi connectivity index (χ1v) is 8.83. The quantitative estimate of drug-likeness (QED) is 0.736. The monoisotopic (exact) mass is 393 g/mol. The molecule has 4 N–H and O–H groups in total. The molecule has 3 unspecified atom stereocenters. The number of nitriles is 1. The molecule has 0 bridgehead atoms. The number of carbonyl (C=O) groups excluding carboxylic acids is 1. The van der Waals surface area contributed by atoms with E-state index in [2.05, 4.69) is 16.5 Å². The Labute approximate surface area is 160 Å². The van der Waals surface area contributed by atoms with Gasteiger partial charge in [-0.25, -0.2) is 0 Å². The van der Waals surface area contributed by atoms with E-state index in [-0.39, 0.29) is 17.4 Å². The zero-order chi connectivity index (χ0) is 18.8. The van der Waals surface area contributed by atoms with Crippen molar-refractivity contribution in [2.24, 2.45) is 11.7 Å². The molecule has 1 aromatic carbocycles. The highest BCUT2D eigenvalue weighted by atomic mass is 35.5. The van der Waals surface area contributed by atoms with Gasteiger partial charge in [-0.2, -0.15) is 10.4 Å². The molecule has 0 saturated heterocycles. The van der Waals surface area contributed by atoms with Gasteiger partial charge in [0.1, 0.15) is 5.56 Å². The lowest BCUT2D eigenvalue weighted by atomic mass is 9.84. The van der Waals surface area contributed by atoms with Crippen LogP contribution < -0.4 is 11.1 Å². The second kappa shape index (κ2) is 7.54. The fourth-order valence-electron chi connectivity index (χ4n) is 3.13. The smallest absolute Gasteiger partial charge is 0.254 e. The van der Waals surface area contributed by atoms with Crippen LogP contribution in [-0.2, 0) is 0 Å². The number of hydrogen-bond acceptors (Lipinski definition) is 5. The van der Waals surface area contributed by atoms with Crippen molar-refractivity contribution < 1.29 is 9.90 Å². The zero-order valence-electron chi connectivity index (χ0n) is 13.7. The maximum atomic E-state index is 11.8. The minimum atomic E-state index is -0.636. The number of aliphatic hydroxyl groups is 1. The summed E-state index contributed by atoms with van der Waals surface area (Å²) in [5.74, 6) is -0.751. The van der Waals surface area contributed by atoms with Crippen LogP contribution in [0.3, 0.4) is 0 Å². The molecule has 0 aliphatic heterocycles.